The first-order valence-electron chi connectivity index (χ1n) is 10.8. The zero-order valence-electron chi connectivity index (χ0n) is 17.9. The van der Waals surface area contributed by atoms with Crippen molar-refractivity contribution in [3.63, 3.8) is 0 Å². The van der Waals surface area contributed by atoms with Crippen molar-refractivity contribution in [3.8, 4) is 6.07 Å². The smallest absolute Gasteiger partial charge is 0.417 e. The van der Waals surface area contributed by atoms with Crippen LogP contribution in [0.5, 0.6) is 0 Å². The molecule has 0 spiro atoms. The summed E-state index contributed by atoms with van der Waals surface area (Å²) < 4.78 is 51.9. The van der Waals surface area contributed by atoms with Gasteiger partial charge in [-0.15, -0.1) is 0 Å². The van der Waals surface area contributed by atoms with Gasteiger partial charge in [-0.3, -0.25) is 14.4 Å². The molecule has 1 aliphatic carbocycles. The number of anilines is 1. The van der Waals surface area contributed by atoms with Crippen molar-refractivity contribution in [3.05, 3.63) is 29.3 Å². The van der Waals surface area contributed by atoms with Crippen molar-refractivity contribution in [1.29, 1.82) is 5.26 Å². The third-order valence-corrected chi connectivity index (χ3v) is 7.47. The van der Waals surface area contributed by atoms with Gasteiger partial charge in [0.05, 0.1) is 58.4 Å². The Bertz CT molecular complexity index is 1120. The maximum Gasteiger partial charge on any atom is 0.417 e. The maximum atomic E-state index is 13.4. The van der Waals surface area contributed by atoms with Gasteiger partial charge >= 0.3 is 12.1 Å². The van der Waals surface area contributed by atoms with E-state index in [9.17, 15) is 27.6 Å². The van der Waals surface area contributed by atoms with Crippen LogP contribution >= 0.6 is 0 Å². The number of esters is 1. The van der Waals surface area contributed by atoms with E-state index in [4.69, 9.17) is 14.7 Å². The van der Waals surface area contributed by atoms with E-state index in [2.05, 4.69) is 0 Å². The zero-order valence-corrected chi connectivity index (χ0v) is 17.9. The van der Waals surface area contributed by atoms with E-state index in [1.807, 2.05) is 0 Å². The van der Waals surface area contributed by atoms with Crippen LogP contribution in [-0.4, -0.2) is 35.6 Å². The number of nitrogens with zero attached hydrogens (tertiary/aromatic N) is 2. The Labute approximate surface area is 187 Å². The summed E-state index contributed by atoms with van der Waals surface area (Å²) in [6, 6.07) is 4.22. The molecule has 4 fully saturated rings. The molecule has 3 aliphatic heterocycles. The molecule has 5 atom stereocenters. The lowest BCUT2D eigenvalue weighted by Crippen LogP contribution is -2.49. The zero-order chi connectivity index (χ0) is 23.9. The van der Waals surface area contributed by atoms with Gasteiger partial charge in [0, 0.05) is 0 Å². The number of halogens is 3. The van der Waals surface area contributed by atoms with E-state index in [1.54, 1.807) is 13.8 Å². The minimum atomic E-state index is -4.83. The monoisotopic (exact) mass is 462 g/mol. The second-order valence-corrected chi connectivity index (χ2v) is 9.74. The molecule has 4 aliphatic rings. The highest BCUT2D eigenvalue weighted by atomic mass is 19.4. The topological polar surface area (TPSA) is 96.7 Å². The Hall–Kier alpha value is -2.93. The van der Waals surface area contributed by atoms with Gasteiger partial charge in [0.15, 0.2) is 0 Å². The second-order valence-electron chi connectivity index (χ2n) is 9.74. The summed E-state index contributed by atoms with van der Waals surface area (Å²) in [5.74, 6) is -4.21. The standard InChI is InChI=1S/C23H21F3N2O5/c1-21-8-15(20(31)32-10-11-3-4-11)22(2,33-21)17-16(21)18(29)28(19(17)30)13-6-5-12(9-27)14(7-13)23(24,25)26/h5-7,11,15-17H,3-4,8,10H2,1-2H3/t15-,16+,17-,21-,22+/m0/s1. The number of hydrogen-bond donors (Lipinski definition) is 0. The molecule has 3 saturated heterocycles. The summed E-state index contributed by atoms with van der Waals surface area (Å²) in [6.07, 6.45) is -2.65. The first-order chi connectivity index (χ1) is 15.4. The quantitative estimate of drug-likeness (QED) is 0.504. The molecule has 2 amide bonds. The van der Waals surface area contributed by atoms with Gasteiger partial charge in [-0.1, -0.05) is 0 Å². The molecule has 33 heavy (non-hydrogen) atoms. The van der Waals surface area contributed by atoms with Crippen molar-refractivity contribution >= 4 is 23.5 Å². The number of benzene rings is 1. The fourth-order valence-corrected chi connectivity index (χ4v) is 5.72. The van der Waals surface area contributed by atoms with Crippen LogP contribution in [0, 0.1) is 35.0 Å². The van der Waals surface area contributed by atoms with Crippen LogP contribution < -0.4 is 4.90 Å². The molecular weight excluding hydrogens is 441 g/mol. The van der Waals surface area contributed by atoms with Gasteiger partial charge in [0.2, 0.25) is 11.8 Å². The third kappa shape index (κ3) is 3.09. The molecule has 7 nitrogen and oxygen atoms in total. The summed E-state index contributed by atoms with van der Waals surface area (Å²) in [4.78, 5) is 40.3. The highest BCUT2D eigenvalue weighted by Crippen LogP contribution is 2.63. The van der Waals surface area contributed by atoms with Crippen molar-refractivity contribution < 1.29 is 37.0 Å². The van der Waals surface area contributed by atoms with Gasteiger partial charge in [-0.2, -0.15) is 18.4 Å². The molecule has 10 heteroatoms. The van der Waals surface area contributed by atoms with Gasteiger partial charge in [-0.05, 0) is 57.2 Å². The largest absolute Gasteiger partial charge is 0.465 e. The number of amides is 2. The molecule has 174 valence electrons. The number of rotatable bonds is 4. The summed E-state index contributed by atoms with van der Waals surface area (Å²) in [5.41, 5.74) is -4.51. The van der Waals surface area contributed by atoms with E-state index in [0.717, 1.165) is 29.9 Å². The Morgan fingerprint density at radius 3 is 2.52 bits per heavy atom. The number of imide groups is 1. The minimum absolute atomic E-state index is 0.183. The van der Waals surface area contributed by atoms with Gasteiger partial charge in [0.1, 0.15) is 0 Å². The van der Waals surface area contributed by atoms with Crippen molar-refractivity contribution in [1.82, 2.24) is 0 Å². The van der Waals surface area contributed by atoms with Crippen LogP contribution in [0.3, 0.4) is 0 Å². The fraction of sp³-hybridized carbons (Fsp3) is 0.565. The predicted octanol–water partition coefficient (Wildman–Crippen LogP) is 3.20. The van der Waals surface area contributed by atoms with E-state index in [1.165, 1.54) is 6.07 Å². The summed E-state index contributed by atoms with van der Waals surface area (Å²) in [6.45, 7) is 3.56. The average molecular weight is 462 g/mol. The summed E-state index contributed by atoms with van der Waals surface area (Å²) in [5, 5.41) is 9.02. The van der Waals surface area contributed by atoms with Crippen molar-refractivity contribution in [2.24, 2.45) is 23.7 Å². The normalized spacial score (nSPS) is 35.0. The van der Waals surface area contributed by atoms with Gasteiger partial charge in [-0.25, -0.2) is 4.90 Å². The molecule has 1 saturated carbocycles. The first kappa shape index (κ1) is 21.9. The maximum absolute atomic E-state index is 13.4. The minimum Gasteiger partial charge on any atom is -0.465 e. The highest BCUT2D eigenvalue weighted by molar-refractivity contribution is 6.23. The van der Waals surface area contributed by atoms with Crippen LogP contribution in [0.4, 0.5) is 18.9 Å². The van der Waals surface area contributed by atoms with Crippen molar-refractivity contribution in [2.45, 2.75) is 50.5 Å². The van der Waals surface area contributed by atoms with Crippen LogP contribution in [-0.2, 0) is 30.0 Å². The lowest BCUT2D eigenvalue weighted by Gasteiger charge is -2.33. The summed E-state index contributed by atoms with van der Waals surface area (Å²) in [7, 11) is 0. The van der Waals surface area contributed by atoms with Gasteiger partial charge < -0.3 is 9.47 Å². The SMILES string of the molecule is C[C@@]12O[C@@](C)(C[C@H]1C(=O)OCC1CC1)[C@H]1C(=O)N(c3ccc(C#N)c(C(F)(F)F)c3)C(=O)[C@H]12. The first-order valence-corrected chi connectivity index (χ1v) is 10.8. The number of hydrogen-bond acceptors (Lipinski definition) is 6. The molecule has 0 radical (unpaired) electrons. The Morgan fingerprint density at radius 1 is 1.24 bits per heavy atom. The van der Waals surface area contributed by atoms with Crippen LogP contribution in [0.15, 0.2) is 18.2 Å². The van der Waals surface area contributed by atoms with E-state index in [-0.39, 0.29) is 12.1 Å². The molecule has 3 heterocycles. The van der Waals surface area contributed by atoms with Crippen LogP contribution in [0.2, 0.25) is 0 Å². The predicted molar refractivity (Wildman–Crippen MR) is 105 cm³/mol. The number of ether oxygens (including phenoxy) is 2. The number of nitriles is 1. The molecule has 0 N–H and O–H groups in total. The Morgan fingerprint density at radius 2 is 1.91 bits per heavy atom. The fourth-order valence-electron chi connectivity index (χ4n) is 5.72. The second kappa shape index (κ2) is 6.79. The Balaban J connectivity index is 1.49. The number of alkyl halides is 3. The summed E-state index contributed by atoms with van der Waals surface area (Å²) >= 11 is 0. The van der Waals surface area contributed by atoms with Crippen molar-refractivity contribution in [2.75, 3.05) is 11.5 Å². The highest BCUT2D eigenvalue weighted by Gasteiger charge is 2.77. The molecular formula is C23H21F3N2O5. The number of carbonyl (C=O) groups is 3. The molecule has 0 unspecified atom stereocenters. The average Bonchev–Trinajstić information content (AvgIpc) is 3.41. The van der Waals surface area contributed by atoms with Crippen LogP contribution in [0.1, 0.15) is 44.2 Å². The molecule has 2 bridgehead atoms. The number of carbonyl (C=O) groups excluding carboxylic acids is 3. The van der Waals surface area contributed by atoms with Gasteiger partial charge in [0.25, 0.3) is 0 Å². The molecule has 1 aromatic rings. The van der Waals surface area contributed by atoms with E-state index in [0.29, 0.717) is 18.6 Å². The lowest BCUT2D eigenvalue weighted by atomic mass is 9.64. The Kier molecular flexibility index (Phi) is 4.51. The molecule has 0 aromatic heterocycles. The number of fused-ring (bicyclic) bond motifs is 5. The van der Waals surface area contributed by atoms with E-state index < -0.39 is 64.0 Å². The molecule has 1 aromatic carbocycles. The molecule has 5 rings (SSSR count). The van der Waals surface area contributed by atoms with Crippen LogP contribution in [0.25, 0.3) is 0 Å². The van der Waals surface area contributed by atoms with E-state index >= 15 is 0 Å². The lowest BCUT2D eigenvalue weighted by molar-refractivity contribution is -0.157. The third-order valence-electron chi connectivity index (χ3n) is 7.47.